The maximum Gasteiger partial charge on any atom is 0.151 e. The van der Waals surface area contributed by atoms with Crippen molar-refractivity contribution in [2.45, 2.75) is 18.2 Å². The number of hydrogen-bond acceptors (Lipinski definition) is 3. The minimum Gasteiger partial charge on any atom is -0.312 e. The third-order valence-electron chi connectivity index (χ3n) is 3.70. The third kappa shape index (κ3) is 2.69. The molecule has 0 bridgehead atoms. The van der Waals surface area contributed by atoms with Gasteiger partial charge in [0.05, 0.1) is 5.25 Å². The molecule has 1 N–H and O–H groups in total. The Morgan fingerprint density at radius 2 is 1.70 bits per heavy atom. The van der Waals surface area contributed by atoms with Gasteiger partial charge in [-0.15, -0.1) is 0 Å². The monoisotopic (exact) mass is 295 g/mol. The summed E-state index contributed by atoms with van der Waals surface area (Å²) in [6.07, 6.45) is 1.22. The van der Waals surface area contributed by atoms with Crippen molar-refractivity contribution in [3.8, 4) is 0 Å². The maximum atomic E-state index is 13.8. The highest BCUT2D eigenvalue weighted by atomic mass is 32.2. The highest BCUT2D eigenvalue weighted by molar-refractivity contribution is 7.91. The Morgan fingerprint density at radius 1 is 1.10 bits per heavy atom. The van der Waals surface area contributed by atoms with Crippen LogP contribution in [0.2, 0.25) is 0 Å². The molecule has 0 spiro atoms. The fraction of sp³-hybridized carbons (Fsp3) is 0.333. The summed E-state index contributed by atoms with van der Waals surface area (Å²) < 4.78 is 37.4. The van der Waals surface area contributed by atoms with Crippen LogP contribution >= 0.6 is 0 Å². The highest BCUT2D eigenvalue weighted by Crippen LogP contribution is 2.30. The first kappa shape index (κ1) is 14.9. The molecule has 2 atom stereocenters. The van der Waals surface area contributed by atoms with Gasteiger partial charge in [0.1, 0.15) is 5.82 Å². The first-order valence-electron chi connectivity index (χ1n) is 6.39. The number of fused-ring (bicyclic) bond motifs is 1. The zero-order valence-electron chi connectivity index (χ0n) is 11.7. The first-order valence-corrected chi connectivity index (χ1v) is 8.35. The quantitative estimate of drug-likeness (QED) is 0.943. The molecule has 0 aliphatic heterocycles. The summed E-state index contributed by atoms with van der Waals surface area (Å²) in [6, 6.07) is 9.76. The molecule has 0 aliphatic carbocycles. The van der Waals surface area contributed by atoms with E-state index in [0.29, 0.717) is 5.39 Å². The Labute approximate surface area is 118 Å². The number of halogens is 1. The second kappa shape index (κ2) is 5.50. The van der Waals surface area contributed by atoms with Crippen LogP contribution in [0.5, 0.6) is 0 Å². The molecule has 0 saturated heterocycles. The molecule has 0 heterocycles. The molecule has 0 saturated carbocycles. The molecule has 0 aromatic heterocycles. The molecule has 0 amide bonds. The number of sulfone groups is 1. The maximum absolute atomic E-state index is 13.8. The molecule has 3 nitrogen and oxygen atoms in total. The van der Waals surface area contributed by atoms with Gasteiger partial charge in [-0.2, -0.15) is 0 Å². The number of benzene rings is 2. The van der Waals surface area contributed by atoms with Gasteiger partial charge < -0.3 is 5.32 Å². The molecule has 108 valence electrons. The van der Waals surface area contributed by atoms with E-state index in [1.165, 1.54) is 12.3 Å². The van der Waals surface area contributed by atoms with Gasteiger partial charge in [0.2, 0.25) is 0 Å². The zero-order valence-corrected chi connectivity index (χ0v) is 12.5. The molecular formula is C15H18FNO2S. The topological polar surface area (TPSA) is 46.2 Å². The fourth-order valence-corrected chi connectivity index (χ4v) is 3.22. The largest absolute Gasteiger partial charge is 0.312 e. The third-order valence-corrected chi connectivity index (χ3v) is 5.32. The van der Waals surface area contributed by atoms with E-state index in [0.717, 1.165) is 10.9 Å². The number of nitrogens with one attached hydrogen (secondary N) is 1. The average Bonchev–Trinajstić information content (AvgIpc) is 2.41. The van der Waals surface area contributed by atoms with Crippen molar-refractivity contribution in [3.63, 3.8) is 0 Å². The molecule has 0 fully saturated rings. The van der Waals surface area contributed by atoms with Crippen LogP contribution < -0.4 is 5.32 Å². The number of hydrogen-bond donors (Lipinski definition) is 1. The van der Waals surface area contributed by atoms with Crippen molar-refractivity contribution >= 4 is 20.6 Å². The van der Waals surface area contributed by atoms with Gasteiger partial charge >= 0.3 is 0 Å². The average molecular weight is 295 g/mol. The van der Waals surface area contributed by atoms with Crippen molar-refractivity contribution in [2.75, 3.05) is 13.3 Å². The molecule has 0 aliphatic rings. The molecule has 2 rings (SSSR count). The normalized spacial score (nSPS) is 15.2. The molecule has 0 radical (unpaired) electrons. The van der Waals surface area contributed by atoms with Crippen LogP contribution in [0.15, 0.2) is 36.4 Å². The van der Waals surface area contributed by atoms with Crippen LogP contribution in [-0.4, -0.2) is 27.0 Å². The van der Waals surface area contributed by atoms with Crippen LogP contribution in [0, 0.1) is 5.82 Å². The van der Waals surface area contributed by atoms with Gasteiger partial charge in [0.15, 0.2) is 9.84 Å². The summed E-state index contributed by atoms with van der Waals surface area (Å²) in [7, 11) is -1.48. The summed E-state index contributed by atoms with van der Waals surface area (Å²) >= 11 is 0. The predicted molar refractivity (Wildman–Crippen MR) is 80.0 cm³/mol. The van der Waals surface area contributed by atoms with E-state index in [2.05, 4.69) is 5.32 Å². The second-order valence-electron chi connectivity index (χ2n) is 4.98. The SMILES string of the molecule is CNC(c1ccc(F)c2ccccc12)C(C)S(C)(=O)=O. The Bertz CT molecular complexity index is 728. The smallest absolute Gasteiger partial charge is 0.151 e. The van der Waals surface area contributed by atoms with E-state index in [4.69, 9.17) is 0 Å². The summed E-state index contributed by atoms with van der Waals surface area (Å²) in [5.74, 6) is -0.300. The molecule has 5 heteroatoms. The summed E-state index contributed by atoms with van der Waals surface area (Å²) in [4.78, 5) is 0. The van der Waals surface area contributed by atoms with Gasteiger partial charge in [-0.3, -0.25) is 0 Å². The van der Waals surface area contributed by atoms with Crippen LogP contribution in [-0.2, 0) is 9.84 Å². The minimum atomic E-state index is -3.20. The second-order valence-corrected chi connectivity index (χ2v) is 7.39. The van der Waals surface area contributed by atoms with Crippen molar-refractivity contribution in [1.82, 2.24) is 5.32 Å². The van der Waals surface area contributed by atoms with Crippen molar-refractivity contribution in [3.05, 3.63) is 47.8 Å². The summed E-state index contributed by atoms with van der Waals surface area (Å²) in [5.41, 5.74) is 0.794. The van der Waals surface area contributed by atoms with E-state index in [9.17, 15) is 12.8 Å². The predicted octanol–water partition coefficient (Wildman–Crippen LogP) is 2.67. The van der Waals surface area contributed by atoms with E-state index in [1.807, 2.05) is 12.1 Å². The first-order chi connectivity index (χ1) is 9.36. The standard InChI is InChI=1S/C15H18FNO2S/c1-10(20(3,18)19)15(17-2)13-8-9-14(16)12-7-5-4-6-11(12)13/h4-10,15,17H,1-3H3. The lowest BCUT2D eigenvalue weighted by Crippen LogP contribution is -2.33. The van der Waals surface area contributed by atoms with Crippen LogP contribution in [0.4, 0.5) is 4.39 Å². The van der Waals surface area contributed by atoms with Gasteiger partial charge in [-0.25, -0.2) is 12.8 Å². The lowest BCUT2D eigenvalue weighted by Gasteiger charge is -2.24. The Hall–Kier alpha value is -1.46. The van der Waals surface area contributed by atoms with Gasteiger partial charge in [-0.1, -0.05) is 30.3 Å². The molecule has 2 aromatic carbocycles. The van der Waals surface area contributed by atoms with Gasteiger partial charge in [0.25, 0.3) is 0 Å². The van der Waals surface area contributed by atoms with Crippen LogP contribution in [0.3, 0.4) is 0 Å². The fourth-order valence-electron chi connectivity index (χ4n) is 2.45. The van der Waals surface area contributed by atoms with Crippen LogP contribution in [0.1, 0.15) is 18.5 Å². The minimum absolute atomic E-state index is 0.300. The summed E-state index contributed by atoms with van der Waals surface area (Å²) in [5, 5.41) is 3.68. The number of rotatable bonds is 4. The highest BCUT2D eigenvalue weighted by Gasteiger charge is 2.27. The van der Waals surface area contributed by atoms with Crippen molar-refractivity contribution in [1.29, 1.82) is 0 Å². The van der Waals surface area contributed by atoms with E-state index < -0.39 is 15.1 Å². The Morgan fingerprint density at radius 3 is 2.25 bits per heavy atom. The van der Waals surface area contributed by atoms with Crippen molar-refractivity contribution in [2.24, 2.45) is 0 Å². The van der Waals surface area contributed by atoms with Crippen LogP contribution in [0.25, 0.3) is 10.8 Å². The molecule has 20 heavy (non-hydrogen) atoms. The Kier molecular flexibility index (Phi) is 4.11. The Balaban J connectivity index is 2.65. The van der Waals surface area contributed by atoms with E-state index in [1.54, 1.807) is 32.2 Å². The van der Waals surface area contributed by atoms with Crippen molar-refractivity contribution < 1.29 is 12.8 Å². The molecule has 2 aromatic rings. The zero-order chi connectivity index (χ0) is 14.9. The van der Waals surface area contributed by atoms with Gasteiger partial charge in [0, 0.05) is 17.7 Å². The molecular weight excluding hydrogens is 277 g/mol. The van der Waals surface area contributed by atoms with Gasteiger partial charge in [-0.05, 0) is 31.0 Å². The summed E-state index contributed by atoms with van der Waals surface area (Å²) in [6.45, 7) is 1.66. The lowest BCUT2D eigenvalue weighted by molar-refractivity contribution is 0.536. The van der Waals surface area contributed by atoms with E-state index >= 15 is 0 Å². The van der Waals surface area contributed by atoms with E-state index in [-0.39, 0.29) is 11.9 Å². The molecule has 2 unspecified atom stereocenters. The lowest BCUT2D eigenvalue weighted by atomic mass is 9.97.